The largest absolute Gasteiger partial charge is 0.497 e. The Hall–Kier alpha value is -3.55. The summed E-state index contributed by atoms with van der Waals surface area (Å²) in [6, 6.07) is 7.39. The van der Waals surface area contributed by atoms with Crippen molar-refractivity contribution in [3.8, 4) is 17.2 Å². The van der Waals surface area contributed by atoms with Gasteiger partial charge >= 0.3 is 0 Å². The summed E-state index contributed by atoms with van der Waals surface area (Å²) >= 11 is 6.32. The van der Waals surface area contributed by atoms with Crippen LogP contribution in [0.3, 0.4) is 0 Å². The van der Waals surface area contributed by atoms with Crippen LogP contribution in [0.15, 0.2) is 36.5 Å². The van der Waals surface area contributed by atoms with Gasteiger partial charge in [0, 0.05) is 31.3 Å². The summed E-state index contributed by atoms with van der Waals surface area (Å²) in [6.07, 6.45) is 2.41. The molecule has 0 unspecified atom stereocenters. The van der Waals surface area contributed by atoms with Gasteiger partial charge in [-0.2, -0.15) is 4.98 Å². The van der Waals surface area contributed by atoms with Gasteiger partial charge in [0.25, 0.3) is 0 Å². The smallest absolute Gasteiger partial charge is 0.232 e. The van der Waals surface area contributed by atoms with Crippen LogP contribution in [0.5, 0.6) is 17.2 Å². The van der Waals surface area contributed by atoms with E-state index in [2.05, 4.69) is 20.6 Å². The lowest BCUT2D eigenvalue weighted by molar-refractivity contribution is 0.375. The number of halogens is 2. The summed E-state index contributed by atoms with van der Waals surface area (Å²) < 4.78 is 55.9. The van der Waals surface area contributed by atoms with Crippen molar-refractivity contribution in [3.05, 3.63) is 47.4 Å². The zero-order valence-corrected chi connectivity index (χ0v) is 21.6. The number of nitrogens with two attached hydrogens (primary N) is 1. The molecule has 0 saturated carbocycles. The number of rotatable bonds is 11. The highest BCUT2D eigenvalue weighted by Gasteiger charge is 2.22. The molecular weight excluding hydrogens is 515 g/mol. The maximum atomic E-state index is 14.3. The molecule has 14 heteroatoms. The number of ether oxygens (including phenoxy) is 3. The van der Waals surface area contributed by atoms with Gasteiger partial charge < -0.3 is 30.6 Å². The Bertz CT molecular complexity index is 1340. The molecule has 3 aromatic rings. The molecular formula is C22H26ClFN6O5S. The molecule has 0 radical (unpaired) electrons. The van der Waals surface area contributed by atoms with E-state index in [4.69, 9.17) is 31.5 Å². The molecule has 0 aliphatic rings. The summed E-state index contributed by atoms with van der Waals surface area (Å²) in [6.45, 7) is 0.125. The van der Waals surface area contributed by atoms with Crippen molar-refractivity contribution in [1.29, 1.82) is 0 Å². The molecule has 4 N–H and O–H groups in total. The van der Waals surface area contributed by atoms with E-state index >= 15 is 0 Å². The third-order valence-electron chi connectivity index (χ3n) is 4.92. The van der Waals surface area contributed by atoms with Gasteiger partial charge in [-0.05, 0) is 12.1 Å². The first-order valence-electron chi connectivity index (χ1n) is 10.4. The van der Waals surface area contributed by atoms with Crippen LogP contribution in [-0.4, -0.2) is 59.1 Å². The maximum absolute atomic E-state index is 14.3. The number of benzene rings is 2. The number of nitrogens with zero attached hydrogens (tertiary/aromatic N) is 3. The highest BCUT2D eigenvalue weighted by molar-refractivity contribution is 7.92. The Morgan fingerprint density at radius 2 is 1.78 bits per heavy atom. The second-order valence-electron chi connectivity index (χ2n) is 7.33. The Balaban J connectivity index is 2.01. The zero-order valence-electron chi connectivity index (χ0n) is 20.0. The van der Waals surface area contributed by atoms with Gasteiger partial charge in [0.15, 0.2) is 17.4 Å². The number of hydrogen-bond donors (Lipinski definition) is 3. The van der Waals surface area contributed by atoms with Gasteiger partial charge in [0.2, 0.25) is 16.0 Å². The average Bonchev–Trinajstić information content (AvgIpc) is 2.84. The molecule has 1 heterocycles. The number of sulfonamides is 1. The molecule has 0 aliphatic carbocycles. The monoisotopic (exact) mass is 540 g/mol. The molecule has 0 fully saturated rings. The minimum absolute atomic E-state index is 0.0109. The summed E-state index contributed by atoms with van der Waals surface area (Å²) in [5, 5.41) is 6.07. The molecule has 36 heavy (non-hydrogen) atoms. The Morgan fingerprint density at radius 1 is 1.06 bits per heavy atom. The van der Waals surface area contributed by atoms with Crippen LogP contribution in [0.2, 0.25) is 5.02 Å². The molecule has 0 aliphatic heterocycles. The van der Waals surface area contributed by atoms with Crippen molar-refractivity contribution in [3.63, 3.8) is 0 Å². The number of hydrogen-bond acceptors (Lipinski definition) is 10. The molecule has 0 amide bonds. The Morgan fingerprint density at radius 3 is 2.39 bits per heavy atom. The van der Waals surface area contributed by atoms with E-state index < -0.39 is 15.8 Å². The van der Waals surface area contributed by atoms with Gasteiger partial charge in [-0.15, -0.1) is 0 Å². The molecule has 11 nitrogen and oxygen atoms in total. The van der Waals surface area contributed by atoms with E-state index in [-0.39, 0.29) is 47.0 Å². The van der Waals surface area contributed by atoms with E-state index in [1.165, 1.54) is 39.7 Å². The van der Waals surface area contributed by atoms with Gasteiger partial charge in [-0.25, -0.2) is 17.8 Å². The SMILES string of the molecule is COc1ccc(Nc2nc(Nc3cc(F)c(OC)cc3OC)ncc2Cl)c(N(CCN)S(C)(=O)=O)c1. The first kappa shape index (κ1) is 27.0. The van der Waals surface area contributed by atoms with Crippen molar-refractivity contribution in [2.75, 3.05) is 55.6 Å². The van der Waals surface area contributed by atoms with Crippen molar-refractivity contribution < 1.29 is 27.0 Å². The molecule has 3 rings (SSSR count). The molecule has 0 saturated heterocycles. The van der Waals surface area contributed by atoms with Crippen molar-refractivity contribution in [2.24, 2.45) is 5.73 Å². The summed E-state index contributed by atoms with van der Waals surface area (Å²) in [5.41, 5.74) is 6.56. The molecule has 194 valence electrons. The van der Waals surface area contributed by atoms with Crippen LogP contribution in [0.1, 0.15) is 0 Å². The van der Waals surface area contributed by atoms with Gasteiger partial charge in [0.1, 0.15) is 16.5 Å². The fraction of sp³-hybridized carbons (Fsp3) is 0.273. The second-order valence-corrected chi connectivity index (χ2v) is 9.65. The molecule has 0 atom stereocenters. The third-order valence-corrected chi connectivity index (χ3v) is 6.38. The first-order chi connectivity index (χ1) is 17.1. The van der Waals surface area contributed by atoms with E-state index in [1.807, 2.05) is 0 Å². The summed E-state index contributed by atoms with van der Waals surface area (Å²) in [4.78, 5) is 8.49. The highest BCUT2D eigenvalue weighted by Crippen LogP contribution is 2.36. The summed E-state index contributed by atoms with van der Waals surface area (Å²) in [7, 11) is 0.560. The lowest BCUT2D eigenvalue weighted by atomic mass is 10.2. The second kappa shape index (κ2) is 11.5. The van der Waals surface area contributed by atoms with E-state index in [0.717, 1.165) is 10.6 Å². The fourth-order valence-corrected chi connectivity index (χ4v) is 4.34. The molecule has 0 spiro atoms. The number of methoxy groups -OCH3 is 3. The number of nitrogens with one attached hydrogen (secondary N) is 2. The minimum atomic E-state index is -3.68. The van der Waals surface area contributed by atoms with Crippen LogP contribution in [0, 0.1) is 5.82 Å². The Labute approximate surface area is 213 Å². The van der Waals surface area contributed by atoms with Crippen molar-refractivity contribution in [1.82, 2.24) is 9.97 Å². The van der Waals surface area contributed by atoms with E-state index in [1.54, 1.807) is 18.2 Å². The average molecular weight is 541 g/mol. The number of anilines is 5. The Kier molecular flexibility index (Phi) is 8.61. The molecule has 2 aromatic carbocycles. The van der Waals surface area contributed by atoms with Crippen LogP contribution >= 0.6 is 11.6 Å². The highest BCUT2D eigenvalue weighted by atomic mass is 35.5. The predicted molar refractivity (Wildman–Crippen MR) is 137 cm³/mol. The van der Waals surface area contributed by atoms with Crippen molar-refractivity contribution in [2.45, 2.75) is 0 Å². The molecule has 0 bridgehead atoms. The normalized spacial score (nSPS) is 11.1. The quantitative estimate of drug-likeness (QED) is 0.331. The zero-order chi connectivity index (χ0) is 26.5. The van der Waals surface area contributed by atoms with Gasteiger partial charge in [-0.1, -0.05) is 11.6 Å². The summed E-state index contributed by atoms with van der Waals surface area (Å²) in [5.74, 6) is 0.361. The topological polar surface area (TPSA) is 141 Å². The predicted octanol–water partition coefficient (Wildman–Crippen LogP) is 3.51. The van der Waals surface area contributed by atoms with Crippen LogP contribution < -0.4 is 34.9 Å². The number of aromatic nitrogens is 2. The fourth-order valence-electron chi connectivity index (χ4n) is 3.25. The third kappa shape index (κ3) is 6.17. The van der Waals surface area contributed by atoms with E-state index in [0.29, 0.717) is 17.2 Å². The lowest BCUT2D eigenvalue weighted by Gasteiger charge is -2.25. The minimum Gasteiger partial charge on any atom is -0.497 e. The van der Waals surface area contributed by atoms with Crippen LogP contribution in [0.25, 0.3) is 0 Å². The van der Waals surface area contributed by atoms with Crippen LogP contribution in [0.4, 0.5) is 33.2 Å². The van der Waals surface area contributed by atoms with Gasteiger partial charge in [0.05, 0.1) is 50.8 Å². The van der Waals surface area contributed by atoms with Gasteiger partial charge in [-0.3, -0.25) is 4.31 Å². The van der Waals surface area contributed by atoms with E-state index in [9.17, 15) is 12.8 Å². The standard InChI is InChI=1S/C22H26ClFN6O5S/c1-33-13-5-6-16(18(9-13)30(8-7-25)36(4,31)32)27-21-14(23)12-26-22(29-21)28-17-10-15(24)19(34-2)11-20(17)35-3/h5-6,9-12H,7-8,25H2,1-4H3,(H2,26,27,28,29). The maximum Gasteiger partial charge on any atom is 0.232 e. The first-order valence-corrected chi connectivity index (χ1v) is 12.7. The molecule has 1 aromatic heterocycles. The van der Waals surface area contributed by atoms with Crippen molar-refractivity contribution >= 4 is 50.5 Å². The van der Waals surface area contributed by atoms with Crippen LogP contribution in [-0.2, 0) is 10.0 Å². The lowest BCUT2D eigenvalue weighted by Crippen LogP contribution is -2.35.